The second-order valence-electron chi connectivity index (χ2n) is 9.52. The predicted octanol–water partition coefficient (Wildman–Crippen LogP) is -5.15. The van der Waals surface area contributed by atoms with Crippen molar-refractivity contribution < 1.29 is 19.5 Å². The summed E-state index contributed by atoms with van der Waals surface area (Å²) in [7, 11) is 10.3. The number of amides is 3. The molecule has 7 nitrogen and oxygen atoms in total. The maximum Gasteiger partial charge on any atom is 0.250 e. The molecule has 3 amide bonds. The Balaban J connectivity index is 1.69. The molecule has 0 aliphatic heterocycles. The van der Waals surface area contributed by atoms with E-state index in [1.807, 2.05) is 15.7 Å². The van der Waals surface area contributed by atoms with Gasteiger partial charge in [0.1, 0.15) is 45.0 Å². The normalized spacial score (nSPS) is 10.6. The van der Waals surface area contributed by atoms with E-state index in [1.54, 1.807) is 17.0 Å². The molecule has 0 unspecified atom stereocenters. The smallest absolute Gasteiger partial charge is 0.250 e. The van der Waals surface area contributed by atoms with Crippen LogP contribution in [-0.4, -0.2) is 86.6 Å². The quantitative estimate of drug-likeness (QED) is 0.159. The maximum atomic E-state index is 12.8. The van der Waals surface area contributed by atoms with Gasteiger partial charge in [-0.2, -0.15) is 0 Å². The SMILES string of the molecule is Bc1c(B)c(B)c(C(=O)NCCCCCCN(CCC(=O)Nc2ccc(O)cc2)C(C)=O)c(B)c1B. The Morgan fingerprint density at radius 3 is 1.94 bits per heavy atom. The highest BCUT2D eigenvalue weighted by molar-refractivity contribution is 6.68. The third-order valence-corrected chi connectivity index (χ3v) is 7.07. The van der Waals surface area contributed by atoms with Crippen LogP contribution in [0.4, 0.5) is 5.69 Å². The number of unbranched alkanes of at least 4 members (excludes halogenated alkanes) is 3. The van der Waals surface area contributed by atoms with Gasteiger partial charge < -0.3 is 20.6 Å². The molecule has 2 aromatic rings. The van der Waals surface area contributed by atoms with Crippen molar-refractivity contribution in [1.82, 2.24) is 10.2 Å². The number of carbonyl (C=O) groups is 3. The fourth-order valence-corrected chi connectivity index (χ4v) is 4.34. The maximum absolute atomic E-state index is 12.8. The topological polar surface area (TPSA) is 98.7 Å². The van der Waals surface area contributed by atoms with Crippen molar-refractivity contribution in [1.29, 1.82) is 0 Å². The summed E-state index contributed by atoms with van der Waals surface area (Å²) in [5.41, 5.74) is 7.11. The van der Waals surface area contributed by atoms with Crippen LogP contribution in [0.2, 0.25) is 0 Å². The molecule has 0 radical (unpaired) electrons. The Labute approximate surface area is 219 Å². The summed E-state index contributed by atoms with van der Waals surface area (Å²) in [4.78, 5) is 38.7. The van der Waals surface area contributed by atoms with Crippen molar-refractivity contribution in [2.45, 2.75) is 39.0 Å². The molecule has 0 saturated heterocycles. The summed E-state index contributed by atoms with van der Waals surface area (Å²) in [5.74, 6) is -0.0921. The Morgan fingerprint density at radius 1 is 0.806 bits per heavy atom. The minimum atomic E-state index is -0.174. The Bertz CT molecular complexity index is 1070. The van der Waals surface area contributed by atoms with Crippen molar-refractivity contribution in [3.63, 3.8) is 0 Å². The first kappa shape index (κ1) is 29.2. The molecular formula is C24H36B5N3O4. The molecule has 3 N–H and O–H groups in total. The third-order valence-electron chi connectivity index (χ3n) is 7.07. The summed E-state index contributed by atoms with van der Waals surface area (Å²) in [6, 6.07) is 6.28. The number of hydrogen-bond donors (Lipinski definition) is 3. The zero-order chi connectivity index (χ0) is 26.8. The van der Waals surface area contributed by atoms with Gasteiger partial charge >= 0.3 is 0 Å². The van der Waals surface area contributed by atoms with Crippen LogP contribution in [0, 0.1) is 0 Å². The van der Waals surface area contributed by atoms with Crippen LogP contribution in [0.25, 0.3) is 0 Å². The summed E-state index contributed by atoms with van der Waals surface area (Å²) in [6.07, 6.45) is 3.84. The number of hydrogen-bond acceptors (Lipinski definition) is 4. The van der Waals surface area contributed by atoms with E-state index < -0.39 is 0 Å². The van der Waals surface area contributed by atoms with Crippen LogP contribution in [0.15, 0.2) is 24.3 Å². The minimum Gasteiger partial charge on any atom is -0.508 e. The van der Waals surface area contributed by atoms with Gasteiger partial charge in [-0.15, -0.1) is 16.4 Å². The number of benzene rings is 2. The van der Waals surface area contributed by atoms with Gasteiger partial charge in [0, 0.05) is 44.2 Å². The number of aromatic hydroxyl groups is 1. The highest BCUT2D eigenvalue weighted by Crippen LogP contribution is 2.14. The fourth-order valence-electron chi connectivity index (χ4n) is 4.34. The first-order valence-corrected chi connectivity index (χ1v) is 12.7. The summed E-state index contributed by atoms with van der Waals surface area (Å²) in [6.45, 7) is 3.11. The highest BCUT2D eigenvalue weighted by atomic mass is 16.3. The van der Waals surface area contributed by atoms with Crippen molar-refractivity contribution in [3.05, 3.63) is 29.8 Å². The molecule has 0 spiro atoms. The van der Waals surface area contributed by atoms with Crippen LogP contribution in [0.5, 0.6) is 5.75 Å². The average molecular weight is 485 g/mol. The molecular weight excluding hydrogens is 448 g/mol. The zero-order valence-electron chi connectivity index (χ0n) is 22.6. The molecule has 0 atom stereocenters. The van der Waals surface area contributed by atoms with E-state index >= 15 is 0 Å². The lowest BCUT2D eigenvalue weighted by Gasteiger charge is -2.21. The monoisotopic (exact) mass is 485 g/mol. The number of phenols is 1. The number of carbonyl (C=O) groups excluding carboxylic acids is 3. The molecule has 0 aliphatic rings. The second-order valence-corrected chi connectivity index (χ2v) is 9.52. The highest BCUT2D eigenvalue weighted by Gasteiger charge is 2.17. The first-order chi connectivity index (χ1) is 17.0. The largest absolute Gasteiger partial charge is 0.508 e. The van der Waals surface area contributed by atoms with Gasteiger partial charge in [-0.25, -0.2) is 0 Å². The molecule has 0 saturated carbocycles. The molecule has 2 aromatic carbocycles. The molecule has 2 rings (SSSR count). The number of anilines is 1. The van der Waals surface area contributed by atoms with Gasteiger partial charge in [-0.05, 0) is 37.1 Å². The van der Waals surface area contributed by atoms with E-state index in [4.69, 9.17) is 0 Å². The number of nitrogens with zero attached hydrogens (tertiary/aromatic N) is 1. The number of phenolic OH excluding ortho intramolecular Hbond substituents is 1. The van der Waals surface area contributed by atoms with Crippen molar-refractivity contribution in [2.24, 2.45) is 0 Å². The van der Waals surface area contributed by atoms with Gasteiger partial charge in [0.15, 0.2) is 0 Å². The molecule has 186 valence electrons. The van der Waals surface area contributed by atoms with E-state index in [0.717, 1.165) is 42.2 Å². The van der Waals surface area contributed by atoms with Gasteiger partial charge in [-0.1, -0.05) is 23.8 Å². The van der Waals surface area contributed by atoms with Gasteiger partial charge in [0.05, 0.1) is 0 Å². The molecule has 12 heteroatoms. The van der Waals surface area contributed by atoms with E-state index in [0.29, 0.717) is 25.3 Å². The first-order valence-electron chi connectivity index (χ1n) is 12.7. The van der Waals surface area contributed by atoms with Crippen molar-refractivity contribution in [2.75, 3.05) is 25.0 Å². The summed E-state index contributed by atoms with van der Waals surface area (Å²) in [5, 5.41) is 15.2. The van der Waals surface area contributed by atoms with Crippen LogP contribution in [0.1, 0.15) is 49.4 Å². The van der Waals surface area contributed by atoms with Crippen LogP contribution >= 0.6 is 0 Å². The zero-order valence-corrected chi connectivity index (χ0v) is 22.6. The molecule has 0 fully saturated rings. The predicted molar refractivity (Wildman–Crippen MR) is 162 cm³/mol. The number of nitrogens with one attached hydrogen (secondary N) is 2. The fraction of sp³-hybridized carbons (Fsp3) is 0.375. The van der Waals surface area contributed by atoms with Gasteiger partial charge in [0.25, 0.3) is 0 Å². The Hall–Kier alpha value is -3.03. The lowest BCUT2D eigenvalue weighted by Crippen LogP contribution is -2.58. The summed E-state index contributed by atoms with van der Waals surface area (Å²) < 4.78 is 0. The third kappa shape index (κ3) is 8.28. The molecule has 36 heavy (non-hydrogen) atoms. The van der Waals surface area contributed by atoms with E-state index in [-0.39, 0.29) is 29.9 Å². The van der Waals surface area contributed by atoms with E-state index in [1.165, 1.54) is 35.4 Å². The molecule has 0 aromatic heterocycles. The summed E-state index contributed by atoms with van der Waals surface area (Å²) >= 11 is 0. The van der Waals surface area contributed by atoms with Gasteiger partial charge in [0.2, 0.25) is 17.7 Å². The van der Waals surface area contributed by atoms with Crippen molar-refractivity contribution in [3.8, 4) is 5.75 Å². The van der Waals surface area contributed by atoms with Crippen LogP contribution < -0.4 is 37.9 Å². The minimum absolute atomic E-state index is 0.00969. The Kier molecular flexibility index (Phi) is 11.3. The Morgan fingerprint density at radius 2 is 1.36 bits per heavy atom. The van der Waals surface area contributed by atoms with E-state index in [9.17, 15) is 19.5 Å². The average Bonchev–Trinajstić information content (AvgIpc) is 2.84. The van der Waals surface area contributed by atoms with Crippen LogP contribution in [-0.2, 0) is 9.59 Å². The van der Waals surface area contributed by atoms with Gasteiger partial charge in [-0.3, -0.25) is 14.4 Å². The lowest BCUT2D eigenvalue weighted by atomic mass is 9.60. The van der Waals surface area contributed by atoms with Crippen molar-refractivity contribution >= 4 is 90.0 Å². The molecule has 0 bridgehead atoms. The second kappa shape index (κ2) is 13.9. The standard InChI is InChI=1S/C24H36B5N3O4/c1-14(33)32(13-10-17(35)31-15-6-8-16(34)9-7-15)12-5-3-2-4-11-30-24(36)18-19(25)21(27)23(29)22(28)20(18)26/h6-9,34H,2-5,10-13,25-29H2,1H3,(H,30,36)(H,31,35). The number of rotatable bonds is 12. The lowest BCUT2D eigenvalue weighted by molar-refractivity contribution is -0.129. The molecule has 0 aliphatic carbocycles. The molecule has 0 heterocycles. The van der Waals surface area contributed by atoms with E-state index in [2.05, 4.69) is 34.2 Å². The van der Waals surface area contributed by atoms with Crippen LogP contribution in [0.3, 0.4) is 0 Å².